The lowest BCUT2D eigenvalue weighted by Crippen LogP contribution is -2.73. The van der Waals surface area contributed by atoms with Crippen LogP contribution >= 0.6 is 0 Å². The van der Waals surface area contributed by atoms with Crippen LogP contribution in [0.5, 0.6) is 0 Å². The third-order valence-corrected chi connectivity index (χ3v) is 6.79. The van der Waals surface area contributed by atoms with Crippen molar-refractivity contribution in [3.05, 3.63) is 29.8 Å². The molecule has 6 nitrogen and oxygen atoms in total. The number of carbonyl (C=O) groups is 2. The molecule has 1 aromatic rings. The number of anilines is 1. The summed E-state index contributed by atoms with van der Waals surface area (Å²) >= 11 is 0. The van der Waals surface area contributed by atoms with Crippen molar-refractivity contribution in [3.63, 3.8) is 0 Å². The number of benzene rings is 1. The van der Waals surface area contributed by atoms with Gasteiger partial charge in [-0.1, -0.05) is 39.3 Å². The van der Waals surface area contributed by atoms with E-state index in [1.54, 1.807) is 0 Å². The molecule has 2 amide bonds. The molecule has 1 atom stereocenters. The molecule has 0 saturated carbocycles. The van der Waals surface area contributed by atoms with Crippen LogP contribution in [0.25, 0.3) is 0 Å². The molecule has 1 spiro atoms. The van der Waals surface area contributed by atoms with E-state index in [1.807, 2.05) is 19.0 Å². The number of hydrogen-bond donors (Lipinski definition) is 1. The van der Waals surface area contributed by atoms with Gasteiger partial charge in [-0.15, -0.1) is 0 Å². The van der Waals surface area contributed by atoms with Crippen LogP contribution in [0, 0.1) is 5.92 Å². The van der Waals surface area contributed by atoms with Crippen LogP contribution < -0.4 is 10.2 Å². The average molecular weight is 429 g/mol. The van der Waals surface area contributed by atoms with Gasteiger partial charge in [0.2, 0.25) is 11.8 Å². The predicted molar refractivity (Wildman–Crippen MR) is 126 cm³/mol. The second-order valence-corrected chi connectivity index (χ2v) is 9.87. The minimum atomic E-state index is -0.676. The van der Waals surface area contributed by atoms with Gasteiger partial charge in [0.05, 0.1) is 0 Å². The van der Waals surface area contributed by atoms with Crippen LogP contribution in [0.2, 0.25) is 0 Å². The Balaban J connectivity index is 1.69. The van der Waals surface area contributed by atoms with Crippen molar-refractivity contribution < 1.29 is 9.59 Å². The van der Waals surface area contributed by atoms with Gasteiger partial charge in [0, 0.05) is 46.0 Å². The van der Waals surface area contributed by atoms with Gasteiger partial charge in [-0.2, -0.15) is 0 Å². The van der Waals surface area contributed by atoms with Crippen molar-refractivity contribution >= 4 is 17.5 Å². The summed E-state index contributed by atoms with van der Waals surface area (Å²) in [6, 6.07) is 8.29. The quantitative estimate of drug-likeness (QED) is 0.691. The predicted octanol–water partition coefficient (Wildman–Crippen LogP) is 3.26. The van der Waals surface area contributed by atoms with Gasteiger partial charge in [-0.05, 0) is 49.3 Å². The Morgan fingerprint density at radius 3 is 2.32 bits per heavy atom. The van der Waals surface area contributed by atoms with E-state index >= 15 is 0 Å². The number of carbonyl (C=O) groups excluding carboxylic acids is 2. The van der Waals surface area contributed by atoms with E-state index in [-0.39, 0.29) is 17.9 Å². The Bertz CT molecular complexity index is 751. The number of hydrogen-bond acceptors (Lipinski definition) is 4. The molecule has 1 unspecified atom stereocenters. The molecular formula is C25H40N4O2. The van der Waals surface area contributed by atoms with Crippen molar-refractivity contribution in [2.45, 2.75) is 71.0 Å². The normalized spacial score (nSPS) is 21.6. The van der Waals surface area contributed by atoms with E-state index in [4.69, 9.17) is 0 Å². The molecule has 172 valence electrons. The average Bonchev–Trinajstić information content (AvgIpc) is 2.73. The van der Waals surface area contributed by atoms with E-state index in [0.717, 1.165) is 32.5 Å². The highest BCUT2D eigenvalue weighted by molar-refractivity contribution is 6.00. The number of nitrogens with one attached hydrogen (secondary N) is 1. The zero-order valence-electron chi connectivity index (χ0n) is 20.0. The van der Waals surface area contributed by atoms with E-state index in [9.17, 15) is 9.59 Å². The summed E-state index contributed by atoms with van der Waals surface area (Å²) in [4.78, 5) is 33.1. The minimum absolute atomic E-state index is 0.0591. The molecule has 2 saturated heterocycles. The smallest absolute Gasteiger partial charge is 0.246 e. The van der Waals surface area contributed by atoms with Gasteiger partial charge in [0.25, 0.3) is 0 Å². The van der Waals surface area contributed by atoms with Gasteiger partial charge in [-0.3, -0.25) is 14.5 Å². The molecule has 1 N–H and O–H groups in total. The van der Waals surface area contributed by atoms with Crippen LogP contribution in [0.15, 0.2) is 24.3 Å². The summed E-state index contributed by atoms with van der Waals surface area (Å²) in [6.07, 6.45) is 4.08. The minimum Gasteiger partial charge on any atom is -0.378 e. The third kappa shape index (κ3) is 5.22. The zero-order valence-corrected chi connectivity index (χ0v) is 20.0. The largest absolute Gasteiger partial charge is 0.378 e. The van der Waals surface area contributed by atoms with Crippen molar-refractivity contribution in [2.24, 2.45) is 5.92 Å². The SMILES string of the molecule is CCCCN1C(=O)C(CC(C)C)NC(=O)C12CCN(Cc1ccc(N(C)C)cc1)CC2. The summed E-state index contributed by atoms with van der Waals surface area (Å²) in [5.74, 6) is 0.551. The van der Waals surface area contributed by atoms with Crippen molar-refractivity contribution in [1.82, 2.24) is 15.1 Å². The summed E-state index contributed by atoms with van der Waals surface area (Å²) in [5.41, 5.74) is 1.80. The maximum Gasteiger partial charge on any atom is 0.246 e. The lowest BCUT2D eigenvalue weighted by atomic mass is 9.80. The Hall–Kier alpha value is -2.08. The first-order chi connectivity index (χ1) is 14.8. The van der Waals surface area contributed by atoms with Crippen LogP contribution in [0.3, 0.4) is 0 Å². The summed E-state index contributed by atoms with van der Waals surface area (Å²) in [6.45, 7) is 9.55. The lowest BCUT2D eigenvalue weighted by molar-refractivity contribution is -0.161. The monoisotopic (exact) mass is 428 g/mol. The van der Waals surface area contributed by atoms with Gasteiger partial charge >= 0.3 is 0 Å². The van der Waals surface area contributed by atoms with Crippen LogP contribution in [0.4, 0.5) is 5.69 Å². The molecule has 2 aliphatic heterocycles. The molecule has 0 aromatic heterocycles. The Morgan fingerprint density at radius 1 is 1.13 bits per heavy atom. The van der Waals surface area contributed by atoms with Crippen molar-refractivity contribution in [1.29, 1.82) is 0 Å². The zero-order chi connectivity index (χ0) is 22.6. The maximum atomic E-state index is 13.3. The van der Waals surface area contributed by atoms with E-state index in [1.165, 1.54) is 11.3 Å². The molecule has 1 aromatic carbocycles. The molecule has 3 rings (SSSR count). The molecule has 0 aliphatic carbocycles. The topological polar surface area (TPSA) is 55.9 Å². The Morgan fingerprint density at radius 2 is 1.77 bits per heavy atom. The third-order valence-electron chi connectivity index (χ3n) is 6.79. The fourth-order valence-electron chi connectivity index (χ4n) is 4.88. The molecule has 2 fully saturated rings. The van der Waals surface area contributed by atoms with Crippen LogP contribution in [-0.2, 0) is 16.1 Å². The molecular weight excluding hydrogens is 388 g/mol. The highest BCUT2D eigenvalue weighted by atomic mass is 16.2. The fourth-order valence-corrected chi connectivity index (χ4v) is 4.88. The summed E-state index contributed by atoms with van der Waals surface area (Å²) < 4.78 is 0. The van der Waals surface area contributed by atoms with Gasteiger partial charge in [-0.25, -0.2) is 0 Å². The number of unbranched alkanes of at least 4 members (excludes halogenated alkanes) is 1. The number of likely N-dealkylation sites (tertiary alicyclic amines) is 1. The second-order valence-electron chi connectivity index (χ2n) is 9.87. The first-order valence-electron chi connectivity index (χ1n) is 11.9. The molecule has 31 heavy (non-hydrogen) atoms. The highest BCUT2D eigenvalue weighted by Gasteiger charge is 2.53. The van der Waals surface area contributed by atoms with E-state index < -0.39 is 5.54 Å². The van der Waals surface area contributed by atoms with Crippen molar-refractivity contribution in [3.8, 4) is 0 Å². The molecule has 2 heterocycles. The highest BCUT2D eigenvalue weighted by Crippen LogP contribution is 2.34. The molecule has 0 radical (unpaired) electrons. The van der Waals surface area contributed by atoms with Gasteiger partial charge in [0.15, 0.2) is 0 Å². The van der Waals surface area contributed by atoms with E-state index in [0.29, 0.717) is 31.7 Å². The van der Waals surface area contributed by atoms with Gasteiger partial charge < -0.3 is 15.1 Å². The number of piperazine rings is 1. The number of nitrogens with zero attached hydrogens (tertiary/aromatic N) is 3. The van der Waals surface area contributed by atoms with E-state index in [2.05, 4.69) is 60.2 Å². The summed E-state index contributed by atoms with van der Waals surface area (Å²) in [7, 11) is 4.09. The first-order valence-corrected chi connectivity index (χ1v) is 11.9. The molecule has 0 bridgehead atoms. The fraction of sp³-hybridized carbons (Fsp3) is 0.680. The number of amides is 2. The lowest BCUT2D eigenvalue weighted by Gasteiger charge is -2.52. The standard InChI is InChI=1S/C25H40N4O2/c1-6-7-14-29-23(30)22(17-19(2)3)26-24(31)25(29)12-15-28(16-13-25)18-20-8-10-21(11-9-20)27(4)5/h8-11,19,22H,6-7,12-18H2,1-5H3,(H,26,31). The Kier molecular flexibility index (Phi) is 7.63. The molecule has 2 aliphatic rings. The molecule has 6 heteroatoms. The van der Waals surface area contributed by atoms with Gasteiger partial charge in [0.1, 0.15) is 11.6 Å². The second kappa shape index (κ2) is 10.0. The Labute approximate surface area is 188 Å². The number of piperidine rings is 1. The van der Waals surface area contributed by atoms with Crippen molar-refractivity contribution in [2.75, 3.05) is 38.6 Å². The number of rotatable bonds is 8. The maximum absolute atomic E-state index is 13.3. The van der Waals surface area contributed by atoms with Crippen LogP contribution in [-0.4, -0.2) is 66.9 Å². The van der Waals surface area contributed by atoms with Crippen LogP contribution in [0.1, 0.15) is 58.4 Å². The first kappa shape index (κ1) is 23.6. The summed E-state index contributed by atoms with van der Waals surface area (Å²) in [5, 5.41) is 3.09.